The molecule has 3 heteroatoms. The van der Waals surface area contributed by atoms with E-state index in [1.54, 1.807) is 4.90 Å². The van der Waals surface area contributed by atoms with E-state index in [0.717, 1.165) is 19.3 Å². The van der Waals surface area contributed by atoms with Gasteiger partial charge in [0.25, 0.3) is 0 Å². The maximum Gasteiger partial charge on any atom is 0.228 e. The number of carbonyl (C=O) groups is 1. The summed E-state index contributed by atoms with van der Waals surface area (Å²) in [5.41, 5.74) is 5.86. The molecule has 3 aliphatic carbocycles. The van der Waals surface area contributed by atoms with E-state index in [0.29, 0.717) is 0 Å². The lowest BCUT2D eigenvalue weighted by Crippen LogP contribution is -2.76. The quantitative estimate of drug-likeness (QED) is 0.576. The van der Waals surface area contributed by atoms with Crippen molar-refractivity contribution < 1.29 is 4.79 Å². The molecule has 3 aliphatic rings. The van der Waals surface area contributed by atoms with Crippen LogP contribution in [0.3, 0.4) is 0 Å². The Kier molecular flexibility index (Phi) is 1.04. The zero-order valence-corrected chi connectivity index (χ0v) is 7.05. The molecule has 11 heavy (non-hydrogen) atoms. The van der Waals surface area contributed by atoms with Crippen molar-refractivity contribution in [2.24, 2.45) is 11.1 Å². The average Bonchev–Trinajstić information content (AvgIpc) is 1.77. The molecule has 0 aromatic carbocycles. The number of nitrogens with zero attached hydrogens (tertiary/aromatic N) is 1. The molecular weight excluding hydrogens is 140 g/mol. The molecule has 3 fully saturated rings. The third-order valence-corrected chi connectivity index (χ3v) is 2.93. The first kappa shape index (κ1) is 7.10. The maximum absolute atomic E-state index is 11.5. The summed E-state index contributed by atoms with van der Waals surface area (Å²) in [4.78, 5) is 13.2. The Hall–Kier alpha value is -0.570. The van der Waals surface area contributed by atoms with E-state index in [1.807, 2.05) is 14.1 Å². The molecule has 2 N–H and O–H groups in total. The van der Waals surface area contributed by atoms with E-state index in [2.05, 4.69) is 0 Å². The monoisotopic (exact) mass is 154 g/mol. The van der Waals surface area contributed by atoms with Gasteiger partial charge in [-0.15, -0.1) is 0 Å². The summed E-state index contributed by atoms with van der Waals surface area (Å²) >= 11 is 0. The summed E-state index contributed by atoms with van der Waals surface area (Å²) < 4.78 is 0. The molecule has 3 nitrogen and oxygen atoms in total. The van der Waals surface area contributed by atoms with Crippen LogP contribution in [0.4, 0.5) is 0 Å². The predicted octanol–water partition coefficient (Wildman–Crippen LogP) is -0.0440. The highest BCUT2D eigenvalue weighted by Gasteiger charge is 2.70. The molecular formula is C8H14N2O. The second-order valence-electron chi connectivity index (χ2n) is 4.37. The van der Waals surface area contributed by atoms with Gasteiger partial charge in [0.05, 0.1) is 5.41 Å². The largest absolute Gasteiger partial charge is 0.348 e. The van der Waals surface area contributed by atoms with Crippen LogP contribution in [-0.4, -0.2) is 30.4 Å². The van der Waals surface area contributed by atoms with Gasteiger partial charge in [-0.1, -0.05) is 0 Å². The molecule has 2 bridgehead atoms. The van der Waals surface area contributed by atoms with Gasteiger partial charge in [-0.25, -0.2) is 0 Å². The van der Waals surface area contributed by atoms with Crippen LogP contribution in [0.5, 0.6) is 0 Å². The summed E-state index contributed by atoms with van der Waals surface area (Å²) in [6.45, 7) is 0. The van der Waals surface area contributed by atoms with E-state index in [4.69, 9.17) is 5.73 Å². The minimum Gasteiger partial charge on any atom is -0.348 e. The molecule has 3 saturated carbocycles. The lowest BCUT2D eigenvalue weighted by Gasteiger charge is -2.67. The Balaban J connectivity index is 2.04. The standard InChI is InChI=1S/C8H14N2O/c1-10(2)6(11)7-3-8(9,4-7)5-7/h3-5,9H2,1-2H3. The molecule has 0 heterocycles. The van der Waals surface area contributed by atoms with E-state index in [-0.39, 0.29) is 16.9 Å². The maximum atomic E-state index is 11.5. The highest BCUT2D eigenvalue weighted by molar-refractivity contribution is 5.86. The molecule has 62 valence electrons. The predicted molar refractivity (Wildman–Crippen MR) is 41.9 cm³/mol. The Bertz CT molecular complexity index is 202. The molecule has 0 saturated heterocycles. The molecule has 3 rings (SSSR count). The Morgan fingerprint density at radius 1 is 1.36 bits per heavy atom. The number of carbonyl (C=O) groups excluding carboxylic acids is 1. The van der Waals surface area contributed by atoms with Gasteiger partial charge in [-0.3, -0.25) is 4.79 Å². The number of hydrogen-bond donors (Lipinski definition) is 1. The van der Waals surface area contributed by atoms with Crippen molar-refractivity contribution in [1.82, 2.24) is 4.90 Å². The second kappa shape index (κ2) is 1.61. The Morgan fingerprint density at radius 3 is 2.09 bits per heavy atom. The van der Waals surface area contributed by atoms with Gasteiger partial charge in [0, 0.05) is 19.6 Å². The van der Waals surface area contributed by atoms with Crippen LogP contribution in [0.2, 0.25) is 0 Å². The van der Waals surface area contributed by atoms with Crippen molar-refractivity contribution in [3.63, 3.8) is 0 Å². The number of hydrogen-bond acceptors (Lipinski definition) is 2. The fraction of sp³-hybridized carbons (Fsp3) is 0.875. The SMILES string of the molecule is CN(C)C(=O)C12CC(N)(C1)C2. The third-order valence-electron chi connectivity index (χ3n) is 2.93. The summed E-state index contributed by atoms with van der Waals surface area (Å²) in [7, 11) is 3.62. The Morgan fingerprint density at radius 2 is 1.82 bits per heavy atom. The van der Waals surface area contributed by atoms with Crippen molar-refractivity contribution in [3.05, 3.63) is 0 Å². The van der Waals surface area contributed by atoms with Crippen LogP contribution in [0.1, 0.15) is 19.3 Å². The highest BCUT2D eigenvalue weighted by Crippen LogP contribution is 2.66. The van der Waals surface area contributed by atoms with Gasteiger partial charge in [0.2, 0.25) is 5.91 Å². The zero-order valence-electron chi connectivity index (χ0n) is 7.05. The number of amides is 1. The average molecular weight is 154 g/mol. The summed E-state index contributed by atoms with van der Waals surface area (Å²) in [5.74, 6) is 0.268. The normalized spacial score (nSPS) is 45.7. The van der Waals surface area contributed by atoms with Crippen LogP contribution < -0.4 is 5.73 Å². The number of rotatable bonds is 1. The van der Waals surface area contributed by atoms with Gasteiger partial charge in [0.1, 0.15) is 0 Å². The first-order valence-electron chi connectivity index (χ1n) is 3.98. The molecule has 1 amide bonds. The van der Waals surface area contributed by atoms with Gasteiger partial charge in [0.15, 0.2) is 0 Å². The van der Waals surface area contributed by atoms with Crippen LogP contribution in [0, 0.1) is 5.41 Å². The molecule has 0 radical (unpaired) electrons. The minimum absolute atomic E-state index is 0.0295. The van der Waals surface area contributed by atoms with Gasteiger partial charge in [-0.05, 0) is 19.3 Å². The lowest BCUT2D eigenvalue weighted by atomic mass is 9.39. The van der Waals surface area contributed by atoms with E-state index >= 15 is 0 Å². The van der Waals surface area contributed by atoms with Crippen molar-refractivity contribution >= 4 is 5.91 Å². The van der Waals surface area contributed by atoms with Crippen LogP contribution >= 0.6 is 0 Å². The third kappa shape index (κ3) is 0.692. The molecule has 0 atom stereocenters. The molecule has 0 aromatic rings. The smallest absolute Gasteiger partial charge is 0.228 e. The first-order chi connectivity index (χ1) is 4.98. The molecule has 0 spiro atoms. The summed E-state index contributed by atoms with van der Waals surface area (Å²) in [5, 5.41) is 0. The molecule has 0 aliphatic heterocycles. The van der Waals surface area contributed by atoms with Crippen molar-refractivity contribution in [2.45, 2.75) is 24.8 Å². The van der Waals surface area contributed by atoms with E-state index in [1.165, 1.54) is 0 Å². The second-order valence-corrected chi connectivity index (χ2v) is 4.37. The van der Waals surface area contributed by atoms with Gasteiger partial charge in [-0.2, -0.15) is 0 Å². The topological polar surface area (TPSA) is 46.3 Å². The molecule has 0 unspecified atom stereocenters. The lowest BCUT2D eigenvalue weighted by molar-refractivity contribution is -0.181. The zero-order chi connectivity index (χ0) is 8.28. The van der Waals surface area contributed by atoms with Crippen molar-refractivity contribution in [2.75, 3.05) is 14.1 Å². The van der Waals surface area contributed by atoms with Crippen LogP contribution in [0.15, 0.2) is 0 Å². The van der Waals surface area contributed by atoms with Crippen LogP contribution in [0.25, 0.3) is 0 Å². The van der Waals surface area contributed by atoms with Crippen LogP contribution in [-0.2, 0) is 4.79 Å². The van der Waals surface area contributed by atoms with Gasteiger partial charge < -0.3 is 10.6 Å². The highest BCUT2D eigenvalue weighted by atomic mass is 16.2. The van der Waals surface area contributed by atoms with E-state index in [9.17, 15) is 4.79 Å². The number of nitrogens with two attached hydrogens (primary N) is 1. The first-order valence-corrected chi connectivity index (χ1v) is 3.98. The summed E-state index contributed by atoms with van der Waals surface area (Å²) in [6.07, 6.45) is 2.74. The molecule has 0 aromatic heterocycles. The summed E-state index contributed by atoms with van der Waals surface area (Å²) in [6, 6.07) is 0. The van der Waals surface area contributed by atoms with E-state index < -0.39 is 0 Å². The minimum atomic E-state index is -0.0295. The van der Waals surface area contributed by atoms with Crippen molar-refractivity contribution in [1.29, 1.82) is 0 Å². The van der Waals surface area contributed by atoms with Gasteiger partial charge >= 0.3 is 0 Å². The van der Waals surface area contributed by atoms with Crippen molar-refractivity contribution in [3.8, 4) is 0 Å². The Labute approximate surface area is 66.5 Å². The fourth-order valence-electron chi connectivity index (χ4n) is 2.57. The fourth-order valence-corrected chi connectivity index (χ4v) is 2.57.